The number of alkyl halides is 2. The second-order valence-corrected chi connectivity index (χ2v) is 5.97. The molecule has 2 heterocycles. The third kappa shape index (κ3) is 4.28. The molecule has 0 bridgehead atoms. The Labute approximate surface area is 155 Å². The summed E-state index contributed by atoms with van der Waals surface area (Å²) in [6.07, 6.45) is 1.05. The third-order valence-corrected chi connectivity index (χ3v) is 4.53. The first kappa shape index (κ1) is 20.5. The van der Waals surface area contributed by atoms with Crippen molar-refractivity contribution in [1.82, 2.24) is 5.32 Å². The van der Waals surface area contributed by atoms with E-state index in [4.69, 9.17) is 19.9 Å². The van der Waals surface area contributed by atoms with Crippen LogP contribution in [0.5, 0.6) is 17.2 Å². The van der Waals surface area contributed by atoms with Crippen molar-refractivity contribution in [1.29, 1.82) is 0 Å². The molecule has 1 fully saturated rings. The van der Waals surface area contributed by atoms with Gasteiger partial charge in [0.2, 0.25) is 12.7 Å². The van der Waals surface area contributed by atoms with E-state index in [1.807, 2.05) is 0 Å². The largest absolute Gasteiger partial charge is 0.454 e. The standard InChI is InChI=1S/C16H20F2N2O5.ClH/c17-15(18)25-11-6-13-12(23-9-24-13)5-10(11)7-20-14(21)16(8-19)1-3-22-4-2-16;/h5-6,15H,1-4,7-9,19H2,(H,20,21);1H. The SMILES string of the molecule is Cl.NCC1(C(=O)NCc2cc3c(cc2OC(F)F)OCO3)CCOCC1. The summed E-state index contributed by atoms with van der Waals surface area (Å²) in [6, 6.07) is 2.86. The van der Waals surface area contributed by atoms with Crippen LogP contribution in [0, 0.1) is 5.41 Å². The van der Waals surface area contributed by atoms with Crippen molar-refractivity contribution < 1.29 is 32.5 Å². The van der Waals surface area contributed by atoms with Gasteiger partial charge in [-0.25, -0.2) is 0 Å². The summed E-state index contributed by atoms with van der Waals surface area (Å²) in [7, 11) is 0. The molecule has 146 valence electrons. The molecule has 1 aromatic carbocycles. The van der Waals surface area contributed by atoms with Crippen molar-refractivity contribution in [2.45, 2.75) is 26.0 Å². The molecule has 0 saturated carbocycles. The molecule has 1 saturated heterocycles. The molecule has 1 aromatic rings. The molecule has 0 atom stereocenters. The van der Waals surface area contributed by atoms with Gasteiger partial charge in [-0.3, -0.25) is 4.79 Å². The van der Waals surface area contributed by atoms with Crippen LogP contribution in [0.1, 0.15) is 18.4 Å². The molecule has 0 unspecified atom stereocenters. The molecule has 0 radical (unpaired) electrons. The summed E-state index contributed by atoms with van der Waals surface area (Å²) in [5.74, 6) is 0.464. The van der Waals surface area contributed by atoms with Crippen LogP contribution in [0.2, 0.25) is 0 Å². The summed E-state index contributed by atoms with van der Waals surface area (Å²) in [6.45, 7) is -1.83. The number of hydrogen-bond acceptors (Lipinski definition) is 6. The van der Waals surface area contributed by atoms with Crippen molar-refractivity contribution in [3.05, 3.63) is 17.7 Å². The van der Waals surface area contributed by atoms with Gasteiger partial charge >= 0.3 is 6.61 Å². The van der Waals surface area contributed by atoms with Crippen LogP contribution in [0.4, 0.5) is 8.78 Å². The zero-order chi connectivity index (χ0) is 17.9. The van der Waals surface area contributed by atoms with E-state index >= 15 is 0 Å². The third-order valence-electron chi connectivity index (χ3n) is 4.53. The highest BCUT2D eigenvalue weighted by atomic mass is 35.5. The summed E-state index contributed by atoms with van der Waals surface area (Å²) < 4.78 is 45.5. The molecular formula is C16H21ClF2N2O5. The van der Waals surface area contributed by atoms with Gasteiger partial charge in [0.1, 0.15) is 5.75 Å². The topological polar surface area (TPSA) is 92.0 Å². The van der Waals surface area contributed by atoms with E-state index < -0.39 is 12.0 Å². The zero-order valence-corrected chi connectivity index (χ0v) is 14.8. The van der Waals surface area contributed by atoms with Gasteiger partial charge in [-0.1, -0.05) is 0 Å². The van der Waals surface area contributed by atoms with Crippen LogP contribution in [-0.4, -0.2) is 39.1 Å². The summed E-state index contributed by atoms with van der Waals surface area (Å²) in [4.78, 5) is 12.6. The fourth-order valence-corrected chi connectivity index (χ4v) is 2.96. The Balaban J connectivity index is 0.00000243. The first-order chi connectivity index (χ1) is 12.0. The Kier molecular flexibility index (Phi) is 6.85. The van der Waals surface area contributed by atoms with Crippen LogP contribution < -0.4 is 25.3 Å². The fraction of sp³-hybridized carbons (Fsp3) is 0.562. The number of amides is 1. The summed E-state index contributed by atoms with van der Waals surface area (Å²) >= 11 is 0. The van der Waals surface area contributed by atoms with Crippen LogP contribution >= 0.6 is 12.4 Å². The molecule has 2 aliphatic rings. The average molecular weight is 395 g/mol. The highest BCUT2D eigenvalue weighted by Crippen LogP contribution is 2.39. The number of carbonyl (C=O) groups is 1. The number of fused-ring (bicyclic) bond motifs is 1. The molecule has 2 aliphatic heterocycles. The lowest BCUT2D eigenvalue weighted by Gasteiger charge is -2.34. The van der Waals surface area contributed by atoms with E-state index in [1.54, 1.807) is 0 Å². The maximum atomic E-state index is 12.6. The van der Waals surface area contributed by atoms with Gasteiger partial charge in [-0.05, 0) is 18.9 Å². The molecule has 1 amide bonds. The van der Waals surface area contributed by atoms with Crippen molar-refractivity contribution in [3.63, 3.8) is 0 Å². The summed E-state index contributed by atoms with van der Waals surface area (Å²) in [5.41, 5.74) is 5.48. The van der Waals surface area contributed by atoms with E-state index in [1.165, 1.54) is 12.1 Å². The lowest BCUT2D eigenvalue weighted by atomic mass is 9.79. The molecule has 10 heteroatoms. The number of rotatable bonds is 6. The van der Waals surface area contributed by atoms with Crippen molar-refractivity contribution in [2.24, 2.45) is 11.1 Å². The lowest BCUT2D eigenvalue weighted by Crippen LogP contribution is -2.49. The smallest absolute Gasteiger partial charge is 0.387 e. The minimum atomic E-state index is -2.99. The molecular weight excluding hydrogens is 374 g/mol. The Morgan fingerprint density at radius 2 is 1.92 bits per heavy atom. The van der Waals surface area contributed by atoms with E-state index in [9.17, 15) is 13.6 Å². The number of carbonyl (C=O) groups excluding carboxylic acids is 1. The quantitative estimate of drug-likeness (QED) is 0.764. The van der Waals surface area contributed by atoms with Gasteiger partial charge in [0, 0.05) is 37.9 Å². The Bertz CT molecular complexity index is 641. The Hall–Kier alpha value is -1.84. The van der Waals surface area contributed by atoms with E-state index in [-0.39, 0.29) is 43.9 Å². The minimum Gasteiger partial charge on any atom is -0.454 e. The first-order valence-corrected chi connectivity index (χ1v) is 7.97. The number of ether oxygens (including phenoxy) is 4. The van der Waals surface area contributed by atoms with Crippen LogP contribution in [0.15, 0.2) is 12.1 Å². The number of hydrogen-bond donors (Lipinski definition) is 2. The van der Waals surface area contributed by atoms with E-state index in [0.717, 1.165) is 0 Å². The zero-order valence-electron chi connectivity index (χ0n) is 14.0. The second-order valence-electron chi connectivity index (χ2n) is 5.97. The van der Waals surface area contributed by atoms with Crippen molar-refractivity contribution in [3.8, 4) is 17.2 Å². The Morgan fingerprint density at radius 3 is 2.54 bits per heavy atom. The molecule has 3 rings (SSSR count). The van der Waals surface area contributed by atoms with Gasteiger partial charge < -0.3 is 30.0 Å². The Morgan fingerprint density at radius 1 is 1.27 bits per heavy atom. The lowest BCUT2D eigenvalue weighted by molar-refractivity contribution is -0.136. The van der Waals surface area contributed by atoms with Gasteiger partial charge in [0.25, 0.3) is 0 Å². The number of benzene rings is 1. The number of halogens is 3. The molecule has 0 spiro atoms. The van der Waals surface area contributed by atoms with Crippen molar-refractivity contribution >= 4 is 18.3 Å². The highest BCUT2D eigenvalue weighted by Gasteiger charge is 2.38. The number of nitrogens with one attached hydrogen (secondary N) is 1. The van der Waals surface area contributed by atoms with Crippen LogP contribution in [-0.2, 0) is 16.1 Å². The molecule has 0 aliphatic carbocycles. The maximum absolute atomic E-state index is 12.6. The van der Waals surface area contributed by atoms with Crippen molar-refractivity contribution in [2.75, 3.05) is 26.6 Å². The molecule has 3 N–H and O–H groups in total. The number of nitrogens with two attached hydrogens (primary N) is 1. The van der Waals surface area contributed by atoms with Gasteiger partial charge in [0.15, 0.2) is 11.5 Å². The van der Waals surface area contributed by atoms with Crippen LogP contribution in [0.25, 0.3) is 0 Å². The molecule has 7 nitrogen and oxygen atoms in total. The first-order valence-electron chi connectivity index (χ1n) is 7.97. The molecule has 26 heavy (non-hydrogen) atoms. The highest BCUT2D eigenvalue weighted by molar-refractivity contribution is 5.85. The second kappa shape index (κ2) is 8.70. The van der Waals surface area contributed by atoms with Gasteiger partial charge in [-0.15, -0.1) is 12.4 Å². The normalized spacial score (nSPS) is 17.5. The van der Waals surface area contributed by atoms with Gasteiger partial charge in [-0.2, -0.15) is 8.78 Å². The van der Waals surface area contributed by atoms with E-state index in [0.29, 0.717) is 43.1 Å². The van der Waals surface area contributed by atoms with E-state index in [2.05, 4.69) is 10.1 Å². The minimum absolute atomic E-state index is 0. The molecule has 0 aromatic heterocycles. The predicted molar refractivity (Wildman–Crippen MR) is 89.8 cm³/mol. The average Bonchev–Trinajstić information content (AvgIpc) is 3.06. The summed E-state index contributed by atoms with van der Waals surface area (Å²) in [5, 5.41) is 2.77. The fourth-order valence-electron chi connectivity index (χ4n) is 2.96. The van der Waals surface area contributed by atoms with Gasteiger partial charge in [0.05, 0.1) is 5.41 Å². The van der Waals surface area contributed by atoms with Crippen LogP contribution in [0.3, 0.4) is 0 Å². The monoisotopic (exact) mass is 394 g/mol. The predicted octanol–water partition coefficient (Wildman–Crippen LogP) is 1.81. The maximum Gasteiger partial charge on any atom is 0.387 e.